The molecule has 160 valence electrons. The first kappa shape index (κ1) is 22.0. The van der Waals surface area contributed by atoms with Crippen molar-refractivity contribution in [2.75, 3.05) is 13.2 Å². The summed E-state index contributed by atoms with van der Waals surface area (Å²) in [5.74, 6) is -1.28. The lowest BCUT2D eigenvalue weighted by atomic mass is 10.0. The summed E-state index contributed by atoms with van der Waals surface area (Å²) in [5.41, 5.74) is 4.18. The number of aliphatic carboxylic acids is 1. The molecule has 0 saturated heterocycles. The van der Waals surface area contributed by atoms with Crippen molar-refractivity contribution in [2.45, 2.75) is 19.8 Å². The molecular weight excluding hydrogens is 397 g/mol. The SMILES string of the molecule is CC/C(=N\OCCOc1ccc(F)c(CC(=O)O)c1)c1ccc(-c2ccccc2)cc1. The molecule has 0 atom stereocenters. The molecule has 31 heavy (non-hydrogen) atoms. The van der Waals surface area contributed by atoms with Gasteiger partial charge < -0.3 is 14.7 Å². The number of rotatable bonds is 10. The normalized spacial score (nSPS) is 11.2. The Kier molecular flexibility index (Phi) is 7.76. The Morgan fingerprint density at radius 2 is 1.68 bits per heavy atom. The monoisotopic (exact) mass is 421 g/mol. The Hall–Kier alpha value is -3.67. The molecule has 0 radical (unpaired) electrons. The van der Waals surface area contributed by atoms with Crippen molar-refractivity contribution in [3.05, 3.63) is 89.7 Å². The molecule has 0 aliphatic rings. The molecule has 0 saturated carbocycles. The predicted octanol–water partition coefficient (Wildman–Crippen LogP) is 5.33. The minimum atomic E-state index is -1.10. The summed E-state index contributed by atoms with van der Waals surface area (Å²) in [6, 6.07) is 22.3. The van der Waals surface area contributed by atoms with Gasteiger partial charge in [-0.3, -0.25) is 4.79 Å². The Balaban J connectivity index is 1.53. The van der Waals surface area contributed by atoms with E-state index >= 15 is 0 Å². The molecule has 0 aliphatic carbocycles. The van der Waals surface area contributed by atoms with E-state index in [-0.39, 0.29) is 18.8 Å². The lowest BCUT2D eigenvalue weighted by Gasteiger charge is -2.09. The van der Waals surface area contributed by atoms with Gasteiger partial charge in [-0.1, -0.05) is 66.7 Å². The Bertz CT molecular complexity index is 1030. The van der Waals surface area contributed by atoms with Crippen molar-refractivity contribution in [2.24, 2.45) is 5.16 Å². The highest BCUT2D eigenvalue weighted by Gasteiger charge is 2.09. The summed E-state index contributed by atoms with van der Waals surface area (Å²) in [7, 11) is 0. The number of nitrogens with zero attached hydrogens (tertiary/aromatic N) is 1. The fourth-order valence-corrected chi connectivity index (χ4v) is 3.07. The quantitative estimate of drug-likeness (QED) is 0.273. The van der Waals surface area contributed by atoms with Gasteiger partial charge in [-0.15, -0.1) is 0 Å². The highest BCUT2D eigenvalue weighted by atomic mass is 19.1. The zero-order chi connectivity index (χ0) is 22.1. The number of hydrogen-bond donors (Lipinski definition) is 1. The summed E-state index contributed by atoms with van der Waals surface area (Å²) in [4.78, 5) is 16.2. The summed E-state index contributed by atoms with van der Waals surface area (Å²) < 4.78 is 19.1. The van der Waals surface area contributed by atoms with Crippen molar-refractivity contribution in [3.63, 3.8) is 0 Å². The third-order valence-corrected chi connectivity index (χ3v) is 4.64. The van der Waals surface area contributed by atoms with Crippen molar-refractivity contribution in [1.82, 2.24) is 0 Å². The topological polar surface area (TPSA) is 68.1 Å². The van der Waals surface area contributed by atoms with Gasteiger partial charge in [0.05, 0.1) is 12.1 Å². The predicted molar refractivity (Wildman–Crippen MR) is 118 cm³/mol. The highest BCUT2D eigenvalue weighted by molar-refractivity contribution is 6.00. The van der Waals surface area contributed by atoms with Crippen LogP contribution in [0.5, 0.6) is 5.75 Å². The largest absolute Gasteiger partial charge is 0.490 e. The summed E-state index contributed by atoms with van der Waals surface area (Å²) in [5, 5.41) is 13.0. The van der Waals surface area contributed by atoms with Crippen molar-refractivity contribution < 1.29 is 23.9 Å². The molecule has 3 aromatic rings. The molecule has 0 aliphatic heterocycles. The maximum Gasteiger partial charge on any atom is 0.307 e. The zero-order valence-corrected chi connectivity index (χ0v) is 17.3. The average Bonchev–Trinajstić information content (AvgIpc) is 2.79. The first-order valence-corrected chi connectivity index (χ1v) is 10.0. The van der Waals surface area contributed by atoms with Gasteiger partial charge in [0, 0.05) is 5.56 Å². The van der Waals surface area contributed by atoms with Gasteiger partial charge in [0.2, 0.25) is 0 Å². The van der Waals surface area contributed by atoms with E-state index in [0.29, 0.717) is 12.2 Å². The maximum atomic E-state index is 13.6. The Morgan fingerprint density at radius 1 is 0.968 bits per heavy atom. The van der Waals surface area contributed by atoms with E-state index in [0.717, 1.165) is 22.4 Å². The van der Waals surface area contributed by atoms with Crippen LogP contribution >= 0.6 is 0 Å². The van der Waals surface area contributed by atoms with Crippen LogP contribution in [0, 0.1) is 5.82 Å². The van der Waals surface area contributed by atoms with Gasteiger partial charge in [0.1, 0.15) is 18.2 Å². The molecule has 6 heteroatoms. The van der Waals surface area contributed by atoms with E-state index in [2.05, 4.69) is 29.4 Å². The van der Waals surface area contributed by atoms with Crippen LogP contribution in [0.4, 0.5) is 4.39 Å². The molecule has 0 aromatic heterocycles. The van der Waals surface area contributed by atoms with Gasteiger partial charge in [0.25, 0.3) is 0 Å². The molecule has 0 bridgehead atoms. The van der Waals surface area contributed by atoms with E-state index in [1.54, 1.807) is 0 Å². The molecule has 5 nitrogen and oxygen atoms in total. The minimum absolute atomic E-state index is 0.0798. The third-order valence-electron chi connectivity index (χ3n) is 4.64. The number of carbonyl (C=O) groups is 1. The van der Waals surface area contributed by atoms with Gasteiger partial charge in [0.15, 0.2) is 6.61 Å². The zero-order valence-electron chi connectivity index (χ0n) is 17.3. The summed E-state index contributed by atoms with van der Waals surface area (Å²) in [6.07, 6.45) is 0.314. The van der Waals surface area contributed by atoms with Crippen molar-refractivity contribution in [1.29, 1.82) is 0 Å². The minimum Gasteiger partial charge on any atom is -0.490 e. The van der Waals surface area contributed by atoms with Crippen LogP contribution in [0.3, 0.4) is 0 Å². The molecule has 0 fully saturated rings. The van der Waals surface area contributed by atoms with Crippen molar-refractivity contribution >= 4 is 11.7 Å². The van der Waals surface area contributed by atoms with E-state index in [1.165, 1.54) is 18.2 Å². The number of benzene rings is 3. The van der Waals surface area contributed by atoms with E-state index in [9.17, 15) is 9.18 Å². The Morgan fingerprint density at radius 3 is 2.35 bits per heavy atom. The van der Waals surface area contributed by atoms with Gasteiger partial charge in [-0.2, -0.15) is 0 Å². The molecule has 0 unspecified atom stereocenters. The second-order valence-electron chi connectivity index (χ2n) is 6.84. The van der Waals surface area contributed by atoms with E-state index in [4.69, 9.17) is 14.7 Å². The molecule has 3 rings (SSSR count). The van der Waals surface area contributed by atoms with Crippen molar-refractivity contribution in [3.8, 4) is 16.9 Å². The van der Waals surface area contributed by atoms with Crippen LogP contribution in [0.1, 0.15) is 24.5 Å². The number of carboxylic acids is 1. The van der Waals surface area contributed by atoms with Crippen LogP contribution in [-0.4, -0.2) is 30.0 Å². The lowest BCUT2D eigenvalue weighted by Crippen LogP contribution is -2.08. The van der Waals surface area contributed by atoms with Gasteiger partial charge in [-0.25, -0.2) is 4.39 Å². The first-order chi connectivity index (χ1) is 15.1. The number of carboxylic acid groups (broad SMARTS) is 1. The molecular formula is C25H24FNO4. The second kappa shape index (κ2) is 10.9. The van der Waals surface area contributed by atoms with Crippen LogP contribution in [0.25, 0.3) is 11.1 Å². The number of halogens is 1. The molecule has 3 aromatic carbocycles. The Labute approximate surface area is 180 Å². The third kappa shape index (κ3) is 6.40. The highest BCUT2D eigenvalue weighted by Crippen LogP contribution is 2.20. The summed E-state index contributed by atoms with van der Waals surface area (Å²) in [6.45, 7) is 2.41. The number of ether oxygens (including phenoxy) is 1. The number of hydrogen-bond acceptors (Lipinski definition) is 4. The fourth-order valence-electron chi connectivity index (χ4n) is 3.07. The average molecular weight is 421 g/mol. The van der Waals surface area contributed by atoms with Crippen LogP contribution in [-0.2, 0) is 16.1 Å². The molecule has 1 N–H and O–H groups in total. The van der Waals surface area contributed by atoms with Crippen LogP contribution in [0.15, 0.2) is 78.0 Å². The van der Waals surface area contributed by atoms with E-state index in [1.807, 2.05) is 37.3 Å². The first-order valence-electron chi connectivity index (χ1n) is 10.0. The second-order valence-corrected chi connectivity index (χ2v) is 6.84. The summed E-state index contributed by atoms with van der Waals surface area (Å²) >= 11 is 0. The van der Waals surface area contributed by atoms with Gasteiger partial charge >= 0.3 is 5.97 Å². The van der Waals surface area contributed by atoms with Crippen LogP contribution in [0.2, 0.25) is 0 Å². The molecule has 0 heterocycles. The molecule has 0 spiro atoms. The molecule has 0 amide bonds. The van der Waals surface area contributed by atoms with E-state index < -0.39 is 18.2 Å². The van der Waals surface area contributed by atoms with Gasteiger partial charge in [-0.05, 0) is 41.3 Å². The standard InChI is InChI=1S/C25H24FNO4/c1-2-24(20-10-8-19(9-11-20)18-6-4-3-5-7-18)27-31-15-14-30-22-12-13-23(26)21(16-22)17-25(28)29/h3-13,16H,2,14-15,17H2,1H3,(H,28,29)/b27-24+. The maximum absolute atomic E-state index is 13.6. The fraction of sp³-hybridized carbons (Fsp3) is 0.200. The number of oxime groups is 1. The smallest absolute Gasteiger partial charge is 0.307 e. The lowest BCUT2D eigenvalue weighted by molar-refractivity contribution is -0.136. The van der Waals surface area contributed by atoms with Crippen LogP contribution < -0.4 is 4.74 Å².